The van der Waals surface area contributed by atoms with E-state index in [0.29, 0.717) is 5.82 Å². The Bertz CT molecular complexity index is 1000. The molecule has 0 unspecified atom stereocenters. The molecule has 0 saturated carbocycles. The van der Waals surface area contributed by atoms with Crippen LogP contribution in [0, 0.1) is 5.82 Å². The zero-order valence-electron chi connectivity index (χ0n) is 16.9. The molecule has 152 valence electrons. The first-order valence-corrected chi connectivity index (χ1v) is 10.4. The number of carbonyl (C=O) groups is 1. The van der Waals surface area contributed by atoms with Crippen LogP contribution in [-0.2, 0) is 11.3 Å². The molecule has 0 aliphatic heterocycles. The lowest BCUT2D eigenvalue weighted by Crippen LogP contribution is -2.19. The molecule has 3 rings (SSSR count). The van der Waals surface area contributed by atoms with Gasteiger partial charge >= 0.3 is 0 Å². The first-order chi connectivity index (χ1) is 13.9. The van der Waals surface area contributed by atoms with E-state index in [9.17, 15) is 9.18 Å². The lowest BCUT2D eigenvalue weighted by Gasteiger charge is -2.16. The number of halogens is 1. The van der Waals surface area contributed by atoms with Crippen LogP contribution in [-0.4, -0.2) is 52.2 Å². The molecule has 0 saturated heterocycles. The molecule has 1 aromatic carbocycles. The lowest BCUT2D eigenvalue weighted by molar-refractivity contribution is -0.114. The summed E-state index contributed by atoms with van der Waals surface area (Å²) in [5.74, 6) is 0.00901. The molecule has 1 N–H and O–H groups in total. The summed E-state index contributed by atoms with van der Waals surface area (Å²) in [7, 11) is 4.05. The fourth-order valence-electron chi connectivity index (χ4n) is 3.02. The third kappa shape index (κ3) is 5.02. The van der Waals surface area contributed by atoms with Crippen LogP contribution in [0.4, 0.5) is 10.2 Å². The number of pyridine rings is 1. The number of rotatable bonds is 7. The summed E-state index contributed by atoms with van der Waals surface area (Å²) in [5, 5.41) is 3.60. The van der Waals surface area contributed by atoms with Gasteiger partial charge in [-0.25, -0.2) is 14.4 Å². The van der Waals surface area contributed by atoms with Crippen LogP contribution in [0.15, 0.2) is 47.8 Å². The number of nitrogens with one attached hydrogen (secondary N) is 1. The summed E-state index contributed by atoms with van der Waals surface area (Å²) in [6, 6.07) is 10.1. The topological polar surface area (TPSA) is 63.1 Å². The molecular formula is C21H24FN5OS. The van der Waals surface area contributed by atoms with Gasteiger partial charge in [-0.1, -0.05) is 11.8 Å². The van der Waals surface area contributed by atoms with Crippen molar-refractivity contribution in [2.75, 3.05) is 32.2 Å². The molecule has 0 fully saturated rings. The number of benzene rings is 1. The molecular weight excluding hydrogens is 389 g/mol. The van der Waals surface area contributed by atoms with Gasteiger partial charge in [-0.3, -0.25) is 4.79 Å². The fourth-order valence-corrected chi connectivity index (χ4v) is 3.61. The summed E-state index contributed by atoms with van der Waals surface area (Å²) in [5.41, 5.74) is 3.40. The SMILES string of the molecule is CSc1nc(-c2ccc(F)cc2)c(-c2ccnc(NC(C)=O)c2)n1CCN(C)C. The zero-order valence-corrected chi connectivity index (χ0v) is 17.8. The molecule has 0 atom stereocenters. The van der Waals surface area contributed by atoms with Crippen LogP contribution in [0.25, 0.3) is 22.5 Å². The van der Waals surface area contributed by atoms with E-state index in [2.05, 4.69) is 19.8 Å². The summed E-state index contributed by atoms with van der Waals surface area (Å²) in [6.45, 7) is 3.03. The Morgan fingerprint density at radius 2 is 1.93 bits per heavy atom. The third-order valence-electron chi connectivity index (χ3n) is 4.34. The van der Waals surface area contributed by atoms with Crippen molar-refractivity contribution in [3.05, 3.63) is 48.4 Å². The monoisotopic (exact) mass is 413 g/mol. The Morgan fingerprint density at radius 3 is 2.55 bits per heavy atom. The van der Waals surface area contributed by atoms with E-state index in [1.54, 1.807) is 30.1 Å². The van der Waals surface area contributed by atoms with Crippen molar-refractivity contribution < 1.29 is 9.18 Å². The highest BCUT2D eigenvalue weighted by Gasteiger charge is 2.20. The summed E-state index contributed by atoms with van der Waals surface area (Å²) in [4.78, 5) is 22.7. The molecule has 8 heteroatoms. The standard InChI is InChI=1S/C21H24FN5OS/c1-14(28)24-18-13-16(9-10-23-18)20-19(15-5-7-17(22)8-6-15)25-21(29-4)27(20)12-11-26(2)3/h5-10,13H,11-12H2,1-4H3,(H,23,24,28). The van der Waals surface area contributed by atoms with Crippen LogP contribution < -0.4 is 5.32 Å². The predicted octanol–water partition coefficient (Wildman–Crippen LogP) is 3.99. The maximum absolute atomic E-state index is 13.5. The van der Waals surface area contributed by atoms with E-state index in [4.69, 9.17) is 4.98 Å². The molecule has 0 aliphatic rings. The average molecular weight is 414 g/mol. The second-order valence-corrected chi connectivity index (χ2v) is 7.64. The Hall–Kier alpha value is -2.71. The average Bonchev–Trinajstić information content (AvgIpc) is 3.05. The lowest BCUT2D eigenvalue weighted by atomic mass is 10.1. The second-order valence-electron chi connectivity index (χ2n) is 6.87. The van der Waals surface area contributed by atoms with Crippen molar-refractivity contribution in [3.8, 4) is 22.5 Å². The smallest absolute Gasteiger partial charge is 0.222 e. The van der Waals surface area contributed by atoms with Gasteiger partial charge in [0, 0.05) is 37.3 Å². The highest BCUT2D eigenvalue weighted by atomic mass is 32.2. The number of anilines is 1. The minimum atomic E-state index is -0.288. The summed E-state index contributed by atoms with van der Waals surface area (Å²) >= 11 is 1.56. The van der Waals surface area contributed by atoms with Crippen LogP contribution >= 0.6 is 11.8 Å². The number of imidazole rings is 1. The van der Waals surface area contributed by atoms with Crippen LogP contribution in [0.3, 0.4) is 0 Å². The molecule has 0 bridgehead atoms. The molecule has 3 aromatic rings. The van der Waals surface area contributed by atoms with Crippen molar-refractivity contribution in [1.82, 2.24) is 19.4 Å². The Balaban J connectivity index is 2.19. The number of carbonyl (C=O) groups excluding carboxylic acids is 1. The van der Waals surface area contributed by atoms with Crippen LogP contribution in [0.1, 0.15) is 6.92 Å². The third-order valence-corrected chi connectivity index (χ3v) is 5.02. The van der Waals surface area contributed by atoms with E-state index in [0.717, 1.165) is 40.8 Å². The van der Waals surface area contributed by atoms with Crippen molar-refractivity contribution >= 4 is 23.5 Å². The van der Waals surface area contributed by atoms with Crippen molar-refractivity contribution in [2.24, 2.45) is 0 Å². The first-order valence-electron chi connectivity index (χ1n) is 9.18. The molecule has 29 heavy (non-hydrogen) atoms. The van der Waals surface area contributed by atoms with E-state index in [1.807, 2.05) is 32.5 Å². The zero-order chi connectivity index (χ0) is 21.0. The minimum absolute atomic E-state index is 0.181. The minimum Gasteiger partial charge on any atom is -0.317 e. The normalized spacial score (nSPS) is 11.1. The second kappa shape index (κ2) is 9.19. The predicted molar refractivity (Wildman–Crippen MR) is 115 cm³/mol. The molecule has 6 nitrogen and oxygen atoms in total. The molecule has 0 aliphatic carbocycles. The van der Waals surface area contributed by atoms with Crippen LogP contribution in [0.5, 0.6) is 0 Å². The number of amides is 1. The van der Waals surface area contributed by atoms with Gasteiger partial charge in [0.15, 0.2) is 5.16 Å². The highest BCUT2D eigenvalue weighted by molar-refractivity contribution is 7.98. The van der Waals surface area contributed by atoms with Crippen molar-refractivity contribution in [2.45, 2.75) is 18.6 Å². The molecule has 2 aromatic heterocycles. The van der Waals surface area contributed by atoms with Gasteiger partial charge in [0.05, 0.1) is 11.4 Å². The van der Waals surface area contributed by atoms with E-state index < -0.39 is 0 Å². The number of likely N-dealkylation sites (N-methyl/N-ethyl adjacent to an activating group) is 1. The number of nitrogens with zero attached hydrogens (tertiary/aromatic N) is 4. The maximum atomic E-state index is 13.5. The van der Waals surface area contributed by atoms with Gasteiger partial charge in [0.2, 0.25) is 5.91 Å². The number of hydrogen-bond donors (Lipinski definition) is 1. The molecule has 2 heterocycles. The van der Waals surface area contributed by atoms with Crippen LogP contribution in [0.2, 0.25) is 0 Å². The first kappa shape index (κ1) is 21.0. The molecule has 0 spiro atoms. The van der Waals surface area contributed by atoms with Crippen molar-refractivity contribution in [1.29, 1.82) is 0 Å². The fraction of sp³-hybridized carbons (Fsp3) is 0.286. The van der Waals surface area contributed by atoms with Gasteiger partial charge in [0.1, 0.15) is 11.6 Å². The Morgan fingerprint density at radius 1 is 1.21 bits per heavy atom. The quantitative estimate of drug-likeness (QED) is 0.594. The molecule has 0 radical (unpaired) electrons. The van der Waals surface area contributed by atoms with Gasteiger partial charge in [-0.05, 0) is 56.7 Å². The van der Waals surface area contributed by atoms with E-state index in [-0.39, 0.29) is 11.7 Å². The van der Waals surface area contributed by atoms with E-state index >= 15 is 0 Å². The van der Waals surface area contributed by atoms with Gasteiger partial charge in [-0.15, -0.1) is 0 Å². The summed E-state index contributed by atoms with van der Waals surface area (Å²) in [6.07, 6.45) is 3.65. The highest BCUT2D eigenvalue weighted by Crippen LogP contribution is 2.36. The largest absolute Gasteiger partial charge is 0.317 e. The van der Waals surface area contributed by atoms with Gasteiger partial charge in [-0.2, -0.15) is 0 Å². The van der Waals surface area contributed by atoms with Gasteiger partial charge in [0.25, 0.3) is 0 Å². The Kier molecular flexibility index (Phi) is 6.66. The van der Waals surface area contributed by atoms with E-state index in [1.165, 1.54) is 19.1 Å². The molecule has 1 amide bonds. The van der Waals surface area contributed by atoms with Gasteiger partial charge < -0.3 is 14.8 Å². The Labute approximate surface area is 174 Å². The maximum Gasteiger partial charge on any atom is 0.222 e. The number of aromatic nitrogens is 3. The summed E-state index contributed by atoms with van der Waals surface area (Å²) < 4.78 is 15.6. The number of hydrogen-bond acceptors (Lipinski definition) is 5. The number of thioether (sulfide) groups is 1. The van der Waals surface area contributed by atoms with Crippen molar-refractivity contribution in [3.63, 3.8) is 0 Å².